The van der Waals surface area contributed by atoms with Gasteiger partial charge in [0.15, 0.2) is 0 Å². The Morgan fingerprint density at radius 1 is 1.00 bits per heavy atom. The number of nitrogens with one attached hydrogen (secondary N) is 1. The summed E-state index contributed by atoms with van der Waals surface area (Å²) in [5, 5.41) is 2.88. The Bertz CT molecular complexity index is 1560. The van der Waals surface area contributed by atoms with Crippen molar-refractivity contribution in [2.24, 2.45) is 0 Å². The number of rotatable bonds is 7. The van der Waals surface area contributed by atoms with E-state index in [1.165, 1.54) is 23.8 Å². The van der Waals surface area contributed by atoms with Gasteiger partial charge in [-0.1, -0.05) is 31.2 Å². The third-order valence-corrected chi connectivity index (χ3v) is 6.05. The van der Waals surface area contributed by atoms with Crippen molar-refractivity contribution < 1.29 is 22.7 Å². The smallest absolute Gasteiger partial charge is 0.416 e. The second kappa shape index (κ2) is 10.3. The van der Waals surface area contributed by atoms with Crippen molar-refractivity contribution >= 4 is 16.8 Å². The zero-order valence-electron chi connectivity index (χ0n) is 20.1. The number of ether oxygens (including phenoxy) is 1. The zero-order chi connectivity index (χ0) is 26.7. The molecule has 1 atom stereocenters. The Kier molecular flexibility index (Phi) is 7.19. The molecule has 192 valence electrons. The molecule has 0 radical (unpaired) electrons. The van der Waals surface area contributed by atoms with Crippen LogP contribution in [0.4, 0.5) is 13.2 Å². The Morgan fingerprint density at radius 3 is 2.35 bits per heavy atom. The minimum Gasteiger partial charge on any atom is -0.497 e. The van der Waals surface area contributed by atoms with Gasteiger partial charge in [0, 0.05) is 6.54 Å². The topological polar surface area (TPSA) is 82.3 Å². The van der Waals surface area contributed by atoms with E-state index in [0.717, 1.165) is 16.7 Å². The monoisotopic (exact) mass is 511 g/mol. The van der Waals surface area contributed by atoms with Crippen molar-refractivity contribution in [1.29, 1.82) is 0 Å². The number of methoxy groups -OCH3 is 1. The number of fused-ring (bicyclic) bond motifs is 1. The van der Waals surface area contributed by atoms with Gasteiger partial charge in [0.1, 0.15) is 11.8 Å². The lowest BCUT2D eigenvalue weighted by Gasteiger charge is -2.22. The highest BCUT2D eigenvalue weighted by Crippen LogP contribution is 2.29. The maximum absolute atomic E-state index is 13.7. The lowest BCUT2D eigenvalue weighted by atomic mass is 10.1. The van der Waals surface area contributed by atoms with Gasteiger partial charge in [0.05, 0.1) is 29.3 Å². The van der Waals surface area contributed by atoms with Crippen LogP contribution >= 0.6 is 0 Å². The highest BCUT2D eigenvalue weighted by Gasteiger charge is 2.30. The van der Waals surface area contributed by atoms with Crippen LogP contribution in [0.1, 0.15) is 30.5 Å². The average Bonchev–Trinajstić information content (AvgIpc) is 2.90. The summed E-state index contributed by atoms with van der Waals surface area (Å²) in [6.45, 7) is 1.54. The van der Waals surface area contributed by atoms with Gasteiger partial charge in [-0.2, -0.15) is 13.2 Å². The first-order chi connectivity index (χ1) is 17.7. The first kappa shape index (κ1) is 25.7. The minimum atomic E-state index is -4.51. The molecule has 0 aliphatic carbocycles. The molecule has 0 fully saturated rings. The normalized spacial score (nSPS) is 12.4. The second-order valence-corrected chi connectivity index (χ2v) is 8.35. The summed E-state index contributed by atoms with van der Waals surface area (Å²) < 4.78 is 46.6. The molecule has 0 aliphatic heterocycles. The van der Waals surface area contributed by atoms with Crippen LogP contribution in [0.25, 0.3) is 16.6 Å². The molecule has 1 N–H and O–H groups in total. The number of halogens is 3. The van der Waals surface area contributed by atoms with Gasteiger partial charge >= 0.3 is 11.9 Å². The quantitative estimate of drug-likeness (QED) is 0.398. The number of carbonyl (C=O) groups excluding carboxylic acids is 1. The van der Waals surface area contributed by atoms with E-state index in [-0.39, 0.29) is 29.4 Å². The summed E-state index contributed by atoms with van der Waals surface area (Å²) in [6, 6.07) is 16.5. The third kappa shape index (κ3) is 5.13. The highest BCUT2D eigenvalue weighted by atomic mass is 19.4. The summed E-state index contributed by atoms with van der Waals surface area (Å²) in [5.74, 6) is -0.0228. The van der Waals surface area contributed by atoms with Crippen molar-refractivity contribution in [3.63, 3.8) is 0 Å². The van der Waals surface area contributed by atoms with Crippen LogP contribution < -0.4 is 21.3 Å². The maximum Gasteiger partial charge on any atom is 0.416 e. The SMILES string of the molecule is CC[C@@H](C(=O)NCc1cccc(C(F)(F)F)c1)n1c(=O)n(-c2ccc(OC)cc2)c(=O)c2ccccc21. The summed E-state index contributed by atoms with van der Waals surface area (Å²) in [6.07, 6.45) is -4.31. The van der Waals surface area contributed by atoms with E-state index < -0.39 is 34.9 Å². The Balaban J connectivity index is 1.76. The Labute approximate surface area is 209 Å². The Hall–Kier alpha value is -4.34. The number of carbonyl (C=O) groups is 1. The predicted octanol–water partition coefficient (Wildman–Crippen LogP) is 4.45. The molecular weight excluding hydrogens is 487 g/mol. The summed E-state index contributed by atoms with van der Waals surface area (Å²) in [7, 11) is 1.49. The first-order valence-electron chi connectivity index (χ1n) is 11.5. The van der Waals surface area contributed by atoms with Gasteiger partial charge in [-0.25, -0.2) is 9.36 Å². The maximum atomic E-state index is 13.7. The molecule has 0 aliphatic rings. The van der Waals surface area contributed by atoms with Crippen LogP contribution in [0.3, 0.4) is 0 Å². The highest BCUT2D eigenvalue weighted by molar-refractivity contribution is 5.84. The van der Waals surface area contributed by atoms with Gasteiger partial charge in [0.2, 0.25) is 5.91 Å². The second-order valence-electron chi connectivity index (χ2n) is 8.35. The molecule has 10 heteroatoms. The van der Waals surface area contributed by atoms with E-state index in [0.29, 0.717) is 11.4 Å². The lowest BCUT2D eigenvalue weighted by molar-refractivity contribution is -0.137. The van der Waals surface area contributed by atoms with Crippen LogP contribution in [-0.4, -0.2) is 22.2 Å². The van der Waals surface area contributed by atoms with Gasteiger partial charge in [-0.05, 0) is 60.5 Å². The van der Waals surface area contributed by atoms with E-state index in [1.54, 1.807) is 55.5 Å². The number of benzene rings is 3. The van der Waals surface area contributed by atoms with E-state index in [9.17, 15) is 27.6 Å². The van der Waals surface area contributed by atoms with E-state index >= 15 is 0 Å². The fraction of sp³-hybridized carbons (Fsp3) is 0.222. The number of alkyl halides is 3. The number of aromatic nitrogens is 2. The van der Waals surface area contributed by atoms with Crippen LogP contribution in [0.5, 0.6) is 5.75 Å². The molecule has 0 spiro atoms. The molecular formula is C27H24F3N3O4. The molecule has 1 heterocycles. The number of amides is 1. The zero-order valence-corrected chi connectivity index (χ0v) is 20.1. The van der Waals surface area contributed by atoms with Crippen molar-refractivity contribution in [3.8, 4) is 11.4 Å². The van der Waals surface area contributed by atoms with Gasteiger partial charge in [-0.15, -0.1) is 0 Å². The van der Waals surface area contributed by atoms with Crippen LogP contribution in [0.2, 0.25) is 0 Å². The number of hydrogen-bond donors (Lipinski definition) is 1. The molecule has 0 saturated carbocycles. The standard InChI is InChI=1S/C27H24F3N3O4/c1-3-22(24(34)31-16-17-7-6-8-18(15-17)27(28,29)30)33-23-10-5-4-9-21(23)25(35)32(26(33)36)19-11-13-20(37-2)14-12-19/h4-15,22H,3,16H2,1-2H3,(H,31,34)/t22-/m0/s1. The number of hydrogen-bond acceptors (Lipinski definition) is 4. The summed E-state index contributed by atoms with van der Waals surface area (Å²) in [5.41, 5.74) is -1.23. The van der Waals surface area contributed by atoms with Crippen LogP contribution in [0, 0.1) is 0 Å². The molecule has 0 unspecified atom stereocenters. The third-order valence-electron chi connectivity index (χ3n) is 6.05. The van der Waals surface area contributed by atoms with Crippen LogP contribution in [-0.2, 0) is 17.5 Å². The minimum absolute atomic E-state index is 0.163. The predicted molar refractivity (Wildman–Crippen MR) is 133 cm³/mol. The van der Waals surface area contributed by atoms with Crippen LogP contribution in [0.15, 0.2) is 82.4 Å². The van der Waals surface area contributed by atoms with E-state index in [2.05, 4.69) is 5.32 Å². The summed E-state index contributed by atoms with van der Waals surface area (Å²) >= 11 is 0. The first-order valence-corrected chi connectivity index (χ1v) is 11.5. The lowest BCUT2D eigenvalue weighted by Crippen LogP contribution is -2.44. The van der Waals surface area contributed by atoms with E-state index in [1.807, 2.05) is 0 Å². The Morgan fingerprint density at radius 2 is 1.70 bits per heavy atom. The molecule has 37 heavy (non-hydrogen) atoms. The van der Waals surface area contributed by atoms with Crippen molar-refractivity contribution in [3.05, 3.63) is 105 Å². The molecule has 0 saturated heterocycles. The number of para-hydroxylation sites is 1. The van der Waals surface area contributed by atoms with Gasteiger partial charge < -0.3 is 10.1 Å². The molecule has 1 amide bonds. The number of nitrogens with zero attached hydrogens (tertiary/aromatic N) is 2. The van der Waals surface area contributed by atoms with Crippen molar-refractivity contribution in [2.45, 2.75) is 32.1 Å². The van der Waals surface area contributed by atoms with Crippen molar-refractivity contribution in [2.75, 3.05) is 7.11 Å². The molecule has 0 bridgehead atoms. The average molecular weight is 512 g/mol. The molecule has 4 aromatic rings. The van der Waals surface area contributed by atoms with Crippen molar-refractivity contribution in [1.82, 2.24) is 14.5 Å². The van der Waals surface area contributed by atoms with Gasteiger partial charge in [0.25, 0.3) is 5.56 Å². The molecule has 4 rings (SSSR count). The molecule has 7 nitrogen and oxygen atoms in total. The molecule has 3 aromatic carbocycles. The fourth-order valence-electron chi connectivity index (χ4n) is 4.19. The summed E-state index contributed by atoms with van der Waals surface area (Å²) in [4.78, 5) is 40.2. The fourth-order valence-corrected chi connectivity index (χ4v) is 4.19. The van der Waals surface area contributed by atoms with Gasteiger partial charge in [-0.3, -0.25) is 14.2 Å². The largest absolute Gasteiger partial charge is 0.497 e. The molecule has 1 aromatic heterocycles. The van der Waals surface area contributed by atoms with E-state index in [4.69, 9.17) is 4.74 Å².